The van der Waals surface area contributed by atoms with E-state index in [0.717, 1.165) is 25.2 Å². The van der Waals surface area contributed by atoms with Crippen molar-refractivity contribution in [1.82, 2.24) is 4.90 Å². The Balaban J connectivity index is 2.09. The molecule has 1 aromatic carbocycles. The van der Waals surface area contributed by atoms with Crippen molar-refractivity contribution in [3.8, 4) is 0 Å². The summed E-state index contributed by atoms with van der Waals surface area (Å²) in [6.07, 6.45) is 0.315. The van der Waals surface area contributed by atoms with Gasteiger partial charge in [-0.15, -0.1) is 0 Å². The second-order valence-electron chi connectivity index (χ2n) is 5.74. The van der Waals surface area contributed by atoms with Crippen molar-refractivity contribution in [2.75, 3.05) is 26.7 Å². The van der Waals surface area contributed by atoms with Crippen LogP contribution in [0, 0.1) is 5.92 Å². The Hall–Kier alpha value is -0.900. The van der Waals surface area contributed by atoms with Gasteiger partial charge in [0.2, 0.25) is 0 Å². The summed E-state index contributed by atoms with van der Waals surface area (Å²) in [5.74, 6) is 0.244. The monoisotopic (exact) mass is 295 g/mol. The van der Waals surface area contributed by atoms with Crippen LogP contribution in [0.5, 0.6) is 0 Å². The quantitative estimate of drug-likeness (QED) is 0.808. The first kappa shape index (κ1) is 15.5. The zero-order valence-electron chi connectivity index (χ0n) is 12.3. The van der Waals surface area contributed by atoms with Gasteiger partial charge in [-0.3, -0.25) is 9.69 Å². The van der Waals surface area contributed by atoms with Crippen molar-refractivity contribution in [3.05, 3.63) is 34.9 Å². The van der Waals surface area contributed by atoms with Crippen LogP contribution < -0.4 is 0 Å². The van der Waals surface area contributed by atoms with E-state index in [1.54, 1.807) is 7.11 Å². The second kappa shape index (κ2) is 6.70. The summed E-state index contributed by atoms with van der Waals surface area (Å²) in [7, 11) is 1.73. The summed E-state index contributed by atoms with van der Waals surface area (Å²) >= 11 is 5.93. The molecule has 20 heavy (non-hydrogen) atoms. The molecule has 1 atom stereocenters. The molecule has 0 N–H and O–H groups in total. The fourth-order valence-corrected chi connectivity index (χ4v) is 2.66. The Morgan fingerprint density at radius 2 is 1.95 bits per heavy atom. The molecule has 0 saturated carbocycles. The lowest BCUT2D eigenvalue weighted by molar-refractivity contribution is -0.124. The van der Waals surface area contributed by atoms with Crippen LogP contribution in [0.3, 0.4) is 0 Å². The first-order valence-corrected chi connectivity index (χ1v) is 7.43. The smallest absolute Gasteiger partial charge is 0.144 e. The fraction of sp³-hybridized carbons (Fsp3) is 0.562. The summed E-state index contributed by atoms with van der Waals surface area (Å²) in [5.41, 5.74) is 1.05. The van der Waals surface area contributed by atoms with Crippen LogP contribution in [0.4, 0.5) is 0 Å². The topological polar surface area (TPSA) is 29.5 Å². The third-order valence-electron chi connectivity index (χ3n) is 3.88. The minimum atomic E-state index is -0.0786. The van der Waals surface area contributed by atoms with Gasteiger partial charge in [0.25, 0.3) is 0 Å². The van der Waals surface area contributed by atoms with Gasteiger partial charge in [-0.2, -0.15) is 0 Å². The summed E-state index contributed by atoms with van der Waals surface area (Å²) in [6.45, 7) is 6.50. The van der Waals surface area contributed by atoms with E-state index in [-0.39, 0.29) is 17.6 Å². The fourth-order valence-electron chi connectivity index (χ4n) is 2.54. The molecule has 1 fully saturated rings. The molecule has 1 heterocycles. The highest BCUT2D eigenvalue weighted by Gasteiger charge is 2.32. The number of ether oxygens (including phenoxy) is 1. The van der Waals surface area contributed by atoms with Gasteiger partial charge in [0.15, 0.2) is 0 Å². The third-order valence-corrected chi connectivity index (χ3v) is 4.13. The number of methoxy groups -OCH3 is 1. The van der Waals surface area contributed by atoms with Gasteiger partial charge in [0, 0.05) is 37.7 Å². The SMILES string of the molecule is COC1CN(C[C@@H](C(=O)C(C)C)c2ccc(Cl)cc2)C1. The van der Waals surface area contributed by atoms with E-state index in [9.17, 15) is 4.79 Å². The number of carbonyl (C=O) groups is 1. The Morgan fingerprint density at radius 1 is 1.35 bits per heavy atom. The molecule has 0 radical (unpaired) electrons. The van der Waals surface area contributed by atoms with E-state index in [1.807, 2.05) is 38.1 Å². The maximum Gasteiger partial charge on any atom is 0.144 e. The van der Waals surface area contributed by atoms with Crippen LogP contribution in [0.2, 0.25) is 5.02 Å². The van der Waals surface area contributed by atoms with Crippen molar-refractivity contribution >= 4 is 17.4 Å². The molecule has 1 aliphatic heterocycles. The van der Waals surface area contributed by atoms with Crippen LogP contribution >= 0.6 is 11.6 Å². The van der Waals surface area contributed by atoms with Gasteiger partial charge in [-0.1, -0.05) is 37.6 Å². The molecule has 0 amide bonds. The van der Waals surface area contributed by atoms with Crippen LogP contribution in [0.25, 0.3) is 0 Å². The minimum Gasteiger partial charge on any atom is -0.379 e. The Bertz CT molecular complexity index is 452. The van der Waals surface area contributed by atoms with E-state index in [4.69, 9.17) is 16.3 Å². The van der Waals surface area contributed by atoms with Gasteiger partial charge < -0.3 is 4.74 Å². The zero-order chi connectivity index (χ0) is 14.7. The predicted molar refractivity (Wildman–Crippen MR) is 81.3 cm³/mol. The predicted octanol–water partition coefficient (Wildman–Crippen LogP) is 2.98. The number of ketones is 1. The molecule has 4 heteroatoms. The molecule has 2 rings (SSSR count). The van der Waals surface area contributed by atoms with Crippen molar-refractivity contribution in [3.63, 3.8) is 0 Å². The first-order chi connectivity index (χ1) is 9.51. The Labute approximate surface area is 125 Å². The standard InChI is InChI=1S/C16H22ClNO2/c1-11(2)16(19)15(10-18-8-14(9-18)20-3)12-4-6-13(17)7-5-12/h4-7,11,14-15H,8-10H2,1-3H3/t15-/m1/s1. The number of likely N-dealkylation sites (tertiary alicyclic amines) is 1. The largest absolute Gasteiger partial charge is 0.379 e. The molecule has 1 aliphatic rings. The number of rotatable bonds is 6. The summed E-state index contributed by atoms with van der Waals surface area (Å²) in [4.78, 5) is 14.7. The Kier molecular flexibility index (Phi) is 5.19. The zero-order valence-corrected chi connectivity index (χ0v) is 13.1. The minimum absolute atomic E-state index is 0.0372. The number of carbonyl (C=O) groups excluding carboxylic acids is 1. The molecule has 1 aromatic rings. The number of hydrogen-bond acceptors (Lipinski definition) is 3. The molecule has 0 aromatic heterocycles. The van der Waals surface area contributed by atoms with Crippen LogP contribution in [0.1, 0.15) is 25.3 Å². The first-order valence-electron chi connectivity index (χ1n) is 7.05. The van der Waals surface area contributed by atoms with E-state index in [1.165, 1.54) is 0 Å². The normalized spacial score (nSPS) is 18.1. The second-order valence-corrected chi connectivity index (χ2v) is 6.17. The summed E-state index contributed by atoms with van der Waals surface area (Å²) in [5, 5.41) is 0.702. The van der Waals surface area contributed by atoms with E-state index < -0.39 is 0 Å². The lowest BCUT2D eigenvalue weighted by Gasteiger charge is -2.40. The molecule has 0 unspecified atom stereocenters. The highest BCUT2D eigenvalue weighted by molar-refractivity contribution is 6.30. The van der Waals surface area contributed by atoms with E-state index in [2.05, 4.69) is 4.90 Å². The van der Waals surface area contributed by atoms with Gasteiger partial charge in [-0.05, 0) is 17.7 Å². The molecular weight excluding hydrogens is 274 g/mol. The molecular formula is C16H22ClNO2. The van der Waals surface area contributed by atoms with E-state index in [0.29, 0.717) is 11.1 Å². The van der Waals surface area contributed by atoms with Crippen LogP contribution in [-0.4, -0.2) is 43.5 Å². The third kappa shape index (κ3) is 3.60. The number of nitrogens with zero attached hydrogens (tertiary/aromatic N) is 1. The highest BCUT2D eigenvalue weighted by Crippen LogP contribution is 2.25. The number of Topliss-reactive ketones (excluding diaryl/α,β-unsaturated/α-hetero) is 1. The maximum atomic E-state index is 12.5. The number of benzene rings is 1. The highest BCUT2D eigenvalue weighted by atomic mass is 35.5. The molecule has 3 nitrogen and oxygen atoms in total. The van der Waals surface area contributed by atoms with Gasteiger partial charge in [0.1, 0.15) is 5.78 Å². The maximum absolute atomic E-state index is 12.5. The molecule has 110 valence electrons. The van der Waals surface area contributed by atoms with Gasteiger partial charge >= 0.3 is 0 Å². The van der Waals surface area contributed by atoms with Crippen molar-refractivity contribution in [1.29, 1.82) is 0 Å². The number of halogens is 1. The number of hydrogen-bond donors (Lipinski definition) is 0. The van der Waals surface area contributed by atoms with Crippen molar-refractivity contribution < 1.29 is 9.53 Å². The van der Waals surface area contributed by atoms with Crippen molar-refractivity contribution in [2.24, 2.45) is 5.92 Å². The Morgan fingerprint density at radius 3 is 2.45 bits per heavy atom. The molecule has 1 saturated heterocycles. The average Bonchev–Trinajstić information content (AvgIpc) is 2.38. The van der Waals surface area contributed by atoms with Crippen LogP contribution in [0.15, 0.2) is 24.3 Å². The summed E-state index contributed by atoms with van der Waals surface area (Å²) in [6, 6.07) is 7.62. The summed E-state index contributed by atoms with van der Waals surface area (Å²) < 4.78 is 5.28. The molecule has 0 aliphatic carbocycles. The molecule has 0 bridgehead atoms. The van der Waals surface area contributed by atoms with Crippen molar-refractivity contribution in [2.45, 2.75) is 25.9 Å². The van der Waals surface area contributed by atoms with Gasteiger partial charge in [-0.25, -0.2) is 0 Å². The molecule has 0 spiro atoms. The van der Waals surface area contributed by atoms with E-state index >= 15 is 0 Å². The van der Waals surface area contributed by atoms with Gasteiger partial charge in [0.05, 0.1) is 12.0 Å². The van der Waals surface area contributed by atoms with Crippen LogP contribution in [-0.2, 0) is 9.53 Å². The average molecular weight is 296 g/mol. The lowest BCUT2D eigenvalue weighted by atomic mass is 9.87. The lowest BCUT2D eigenvalue weighted by Crippen LogP contribution is -2.53.